The normalized spacial score (nSPS) is 13.6. The van der Waals surface area contributed by atoms with Gasteiger partial charge in [-0.25, -0.2) is 0 Å². The third-order valence-electron chi connectivity index (χ3n) is 4.35. The van der Waals surface area contributed by atoms with E-state index in [9.17, 15) is 0 Å². The molecule has 128 valence electrons. The van der Waals surface area contributed by atoms with Crippen LogP contribution in [-0.4, -0.2) is 28.3 Å². The highest BCUT2D eigenvalue weighted by molar-refractivity contribution is 6.67. The Hall–Kier alpha value is 0.0969. The smallest absolute Gasteiger partial charge is 0.337 e. The Bertz CT molecular complexity index is 221. The second-order valence-corrected chi connectivity index (χ2v) is 9.78. The largest absolute Gasteiger partial charge is 0.394 e. The first-order valence-electron chi connectivity index (χ1n) is 9.08. The molecule has 0 aromatic carbocycles. The van der Waals surface area contributed by atoms with Crippen molar-refractivity contribution in [1.29, 1.82) is 0 Å². The van der Waals surface area contributed by atoms with Crippen molar-refractivity contribution in [2.45, 2.75) is 90.6 Å². The molecular formula is C17H39NO2Si. The summed E-state index contributed by atoms with van der Waals surface area (Å²) in [4.78, 5) is 0. The number of rotatable bonds is 15. The van der Waals surface area contributed by atoms with Gasteiger partial charge in [0, 0.05) is 13.2 Å². The molecule has 0 aliphatic heterocycles. The highest BCUT2D eigenvalue weighted by atomic mass is 28.4. The van der Waals surface area contributed by atoms with Crippen LogP contribution < -0.4 is 5.73 Å². The van der Waals surface area contributed by atoms with E-state index >= 15 is 0 Å². The van der Waals surface area contributed by atoms with Crippen LogP contribution in [0.3, 0.4) is 0 Å². The molecule has 0 saturated heterocycles. The second kappa shape index (κ2) is 13.7. The predicted octanol–water partition coefficient (Wildman–Crippen LogP) is 4.99. The van der Waals surface area contributed by atoms with Crippen LogP contribution in [0.15, 0.2) is 0 Å². The number of hydrogen-bond acceptors (Lipinski definition) is 3. The molecule has 3 nitrogen and oxygen atoms in total. The van der Waals surface area contributed by atoms with Gasteiger partial charge in [-0.3, -0.25) is 0 Å². The molecule has 1 atom stereocenters. The van der Waals surface area contributed by atoms with Crippen LogP contribution in [0.2, 0.25) is 12.1 Å². The summed E-state index contributed by atoms with van der Waals surface area (Å²) >= 11 is 0. The zero-order valence-corrected chi connectivity index (χ0v) is 16.0. The maximum Gasteiger partial charge on any atom is 0.337 e. The predicted molar refractivity (Wildman–Crippen MR) is 94.9 cm³/mol. The molecule has 0 fully saturated rings. The Kier molecular flexibility index (Phi) is 13.8. The van der Waals surface area contributed by atoms with E-state index in [1.807, 2.05) is 0 Å². The molecule has 0 aliphatic rings. The van der Waals surface area contributed by atoms with Crippen molar-refractivity contribution >= 4 is 8.56 Å². The minimum atomic E-state index is -1.96. The van der Waals surface area contributed by atoms with Gasteiger partial charge in [-0.05, 0) is 45.3 Å². The third kappa shape index (κ3) is 10.4. The van der Waals surface area contributed by atoms with Gasteiger partial charge in [-0.15, -0.1) is 0 Å². The van der Waals surface area contributed by atoms with Crippen molar-refractivity contribution in [3.05, 3.63) is 0 Å². The Morgan fingerprint density at radius 1 is 0.810 bits per heavy atom. The van der Waals surface area contributed by atoms with E-state index in [4.69, 9.17) is 14.6 Å². The van der Waals surface area contributed by atoms with E-state index in [1.54, 1.807) is 0 Å². The molecule has 0 radical (unpaired) electrons. The molecule has 0 aromatic rings. The zero-order chi connectivity index (χ0) is 16.0. The van der Waals surface area contributed by atoms with Crippen LogP contribution in [0.4, 0.5) is 0 Å². The van der Waals surface area contributed by atoms with Gasteiger partial charge in [0.1, 0.15) is 0 Å². The highest BCUT2D eigenvalue weighted by Crippen LogP contribution is 2.29. The van der Waals surface area contributed by atoms with Gasteiger partial charge < -0.3 is 14.6 Å². The minimum absolute atomic E-state index is 0.585. The topological polar surface area (TPSA) is 44.5 Å². The number of nitrogens with two attached hydrogens (primary N) is 1. The third-order valence-corrected chi connectivity index (χ3v) is 8.15. The van der Waals surface area contributed by atoms with Gasteiger partial charge >= 0.3 is 8.56 Å². The van der Waals surface area contributed by atoms with Gasteiger partial charge in [-0.1, -0.05) is 51.9 Å². The van der Waals surface area contributed by atoms with Crippen molar-refractivity contribution in [3.8, 4) is 0 Å². The summed E-state index contributed by atoms with van der Waals surface area (Å²) in [6.07, 6.45) is 11.9. The van der Waals surface area contributed by atoms with E-state index in [-0.39, 0.29) is 0 Å². The Balaban J connectivity index is 3.65. The molecule has 21 heavy (non-hydrogen) atoms. The Labute approximate surface area is 134 Å². The van der Waals surface area contributed by atoms with Crippen molar-refractivity contribution in [3.63, 3.8) is 0 Å². The molecule has 0 saturated carbocycles. The summed E-state index contributed by atoms with van der Waals surface area (Å²) in [6.45, 7) is 11.1. The fourth-order valence-corrected chi connectivity index (χ4v) is 5.34. The maximum absolute atomic E-state index is 5.97. The lowest BCUT2D eigenvalue weighted by molar-refractivity contribution is 0.178. The molecule has 0 heterocycles. The standard InChI is InChI=1S/C17H39NO2Si/c1-5-19-21(4,20-6-2)17(3)15-13-11-9-7-8-10-12-14-16-18/h17H,5-16,18H2,1-4H3. The van der Waals surface area contributed by atoms with Gasteiger partial charge in [0.25, 0.3) is 0 Å². The van der Waals surface area contributed by atoms with Crippen LogP contribution in [0, 0.1) is 0 Å². The second-order valence-electron chi connectivity index (χ2n) is 6.19. The van der Waals surface area contributed by atoms with E-state index in [2.05, 4.69) is 27.3 Å². The average Bonchev–Trinajstić information content (AvgIpc) is 2.45. The van der Waals surface area contributed by atoms with Crippen LogP contribution in [-0.2, 0) is 8.85 Å². The summed E-state index contributed by atoms with van der Waals surface area (Å²) < 4.78 is 11.9. The molecule has 4 heteroatoms. The number of unbranched alkanes of at least 4 members (excludes halogenated alkanes) is 7. The summed E-state index contributed by atoms with van der Waals surface area (Å²) in [6, 6.07) is 0. The monoisotopic (exact) mass is 317 g/mol. The van der Waals surface area contributed by atoms with Crippen LogP contribution in [0.5, 0.6) is 0 Å². The SMILES string of the molecule is CCO[Si](C)(OCC)C(C)CCCCCCCCCCN. The summed E-state index contributed by atoms with van der Waals surface area (Å²) in [5.41, 5.74) is 6.08. The maximum atomic E-state index is 5.97. The fourth-order valence-electron chi connectivity index (χ4n) is 2.82. The van der Waals surface area contributed by atoms with E-state index in [1.165, 1.54) is 57.8 Å². The van der Waals surface area contributed by atoms with Crippen LogP contribution in [0.1, 0.15) is 78.6 Å². The molecular weight excluding hydrogens is 278 g/mol. The molecule has 0 aliphatic carbocycles. The quantitative estimate of drug-likeness (QED) is 0.342. The zero-order valence-electron chi connectivity index (χ0n) is 15.0. The van der Waals surface area contributed by atoms with Crippen LogP contribution in [0.25, 0.3) is 0 Å². The highest BCUT2D eigenvalue weighted by Gasteiger charge is 2.37. The first-order valence-corrected chi connectivity index (χ1v) is 11.5. The molecule has 1 unspecified atom stereocenters. The molecule has 0 amide bonds. The van der Waals surface area contributed by atoms with Crippen molar-refractivity contribution < 1.29 is 8.85 Å². The summed E-state index contributed by atoms with van der Waals surface area (Å²) in [5.74, 6) is 0. The van der Waals surface area contributed by atoms with E-state index < -0.39 is 8.56 Å². The summed E-state index contributed by atoms with van der Waals surface area (Å²) in [7, 11) is -1.96. The summed E-state index contributed by atoms with van der Waals surface area (Å²) in [5, 5.41) is 0. The molecule has 0 spiro atoms. The molecule has 0 rings (SSSR count). The van der Waals surface area contributed by atoms with Crippen molar-refractivity contribution in [2.75, 3.05) is 19.8 Å². The lowest BCUT2D eigenvalue weighted by atomic mass is 10.1. The van der Waals surface area contributed by atoms with Gasteiger partial charge in [0.05, 0.1) is 0 Å². The number of hydrogen-bond donors (Lipinski definition) is 1. The Morgan fingerprint density at radius 3 is 1.67 bits per heavy atom. The minimum Gasteiger partial charge on any atom is -0.394 e. The van der Waals surface area contributed by atoms with Crippen LogP contribution >= 0.6 is 0 Å². The first-order chi connectivity index (χ1) is 10.1. The van der Waals surface area contributed by atoms with Crippen molar-refractivity contribution in [1.82, 2.24) is 0 Å². The Morgan fingerprint density at radius 2 is 1.24 bits per heavy atom. The average molecular weight is 318 g/mol. The van der Waals surface area contributed by atoms with Crippen molar-refractivity contribution in [2.24, 2.45) is 5.73 Å². The molecule has 2 N–H and O–H groups in total. The lowest BCUT2D eigenvalue weighted by Crippen LogP contribution is -2.43. The lowest BCUT2D eigenvalue weighted by Gasteiger charge is -2.31. The van der Waals surface area contributed by atoms with Gasteiger partial charge in [0.15, 0.2) is 0 Å². The first kappa shape index (κ1) is 21.1. The fraction of sp³-hybridized carbons (Fsp3) is 1.00. The molecule has 0 aromatic heterocycles. The molecule has 0 bridgehead atoms. The van der Waals surface area contributed by atoms with E-state index in [0.717, 1.165) is 19.8 Å². The van der Waals surface area contributed by atoms with Gasteiger partial charge in [0.2, 0.25) is 0 Å². The van der Waals surface area contributed by atoms with E-state index in [0.29, 0.717) is 5.54 Å². The van der Waals surface area contributed by atoms with Gasteiger partial charge in [-0.2, -0.15) is 0 Å².